The number of rotatable bonds is 4. The number of likely N-dealkylation sites (N-methyl/N-ethyl adjacent to an activating group) is 1. The Morgan fingerprint density at radius 3 is 2.78 bits per heavy atom. The van der Waals surface area contributed by atoms with Gasteiger partial charge in [-0.15, -0.1) is 0 Å². The number of carbonyl (C=O) groups excluding carboxylic acids is 1. The van der Waals surface area contributed by atoms with Gasteiger partial charge in [-0.3, -0.25) is 4.79 Å². The van der Waals surface area contributed by atoms with Crippen LogP contribution in [0.4, 0.5) is 14.5 Å². The van der Waals surface area contributed by atoms with Gasteiger partial charge in [0.25, 0.3) is 0 Å². The number of amides is 1. The van der Waals surface area contributed by atoms with E-state index in [2.05, 4.69) is 0 Å². The number of carbonyl (C=O) groups is 1. The predicted molar refractivity (Wildman–Crippen MR) is 65.4 cm³/mol. The first kappa shape index (κ1) is 12.8. The minimum Gasteiger partial charge on any atom is -0.370 e. The van der Waals surface area contributed by atoms with Gasteiger partial charge < -0.3 is 9.80 Å². The Balaban J connectivity index is 1.95. The first-order valence-corrected chi connectivity index (χ1v) is 6.02. The lowest BCUT2D eigenvalue weighted by atomic mass is 10.2. The van der Waals surface area contributed by atoms with Gasteiger partial charge in [0.05, 0.1) is 5.69 Å². The molecule has 1 aromatic rings. The van der Waals surface area contributed by atoms with E-state index in [0.29, 0.717) is 25.2 Å². The third-order valence-electron chi connectivity index (χ3n) is 3.20. The molecule has 0 radical (unpaired) electrons. The summed E-state index contributed by atoms with van der Waals surface area (Å²) >= 11 is 0. The number of benzene rings is 1. The van der Waals surface area contributed by atoms with Crippen LogP contribution in [0.25, 0.3) is 0 Å². The highest BCUT2D eigenvalue weighted by Crippen LogP contribution is 2.19. The van der Waals surface area contributed by atoms with Crippen LogP contribution in [-0.4, -0.2) is 37.5 Å². The summed E-state index contributed by atoms with van der Waals surface area (Å²) in [6.45, 7) is 1.89. The van der Waals surface area contributed by atoms with E-state index in [1.807, 2.05) is 0 Å². The molecule has 98 valence electrons. The maximum absolute atomic E-state index is 13.5. The molecule has 0 aromatic heterocycles. The molecule has 3 nitrogen and oxygen atoms in total. The largest absolute Gasteiger partial charge is 0.370 e. The quantitative estimate of drug-likeness (QED) is 0.820. The van der Waals surface area contributed by atoms with Gasteiger partial charge in [-0.2, -0.15) is 0 Å². The molecule has 1 heterocycles. The van der Waals surface area contributed by atoms with Gasteiger partial charge in [-0.05, 0) is 18.6 Å². The third-order valence-corrected chi connectivity index (χ3v) is 3.20. The molecular formula is C13H16F2N2O. The molecule has 2 rings (SSSR count). The van der Waals surface area contributed by atoms with Crippen molar-refractivity contribution >= 4 is 11.6 Å². The summed E-state index contributed by atoms with van der Waals surface area (Å²) in [5, 5.41) is 0. The standard InChI is InChI=1S/C13H16F2N2O/c1-16(7-8-17-6-2-3-13(17)18)12-5-4-10(14)9-11(12)15/h4-5,9H,2-3,6-8H2,1H3. The summed E-state index contributed by atoms with van der Waals surface area (Å²) in [4.78, 5) is 14.9. The molecule has 1 aliphatic rings. The average Bonchev–Trinajstić information content (AvgIpc) is 2.72. The molecule has 0 N–H and O–H groups in total. The Bertz CT molecular complexity index is 451. The average molecular weight is 254 g/mol. The molecule has 5 heteroatoms. The molecule has 0 atom stereocenters. The van der Waals surface area contributed by atoms with Crippen LogP contribution in [-0.2, 0) is 4.79 Å². The molecule has 1 amide bonds. The lowest BCUT2D eigenvalue weighted by molar-refractivity contribution is -0.127. The monoisotopic (exact) mass is 254 g/mol. The first-order chi connectivity index (χ1) is 8.58. The normalized spacial score (nSPS) is 15.3. The van der Waals surface area contributed by atoms with Crippen molar-refractivity contribution in [2.45, 2.75) is 12.8 Å². The van der Waals surface area contributed by atoms with E-state index in [1.54, 1.807) is 16.8 Å². The molecule has 18 heavy (non-hydrogen) atoms. The molecule has 0 spiro atoms. The van der Waals surface area contributed by atoms with E-state index < -0.39 is 11.6 Å². The summed E-state index contributed by atoms with van der Waals surface area (Å²) < 4.78 is 26.3. The molecule has 1 saturated heterocycles. The summed E-state index contributed by atoms with van der Waals surface area (Å²) in [7, 11) is 1.73. The van der Waals surface area contributed by atoms with Crippen molar-refractivity contribution in [3.63, 3.8) is 0 Å². The van der Waals surface area contributed by atoms with Crippen molar-refractivity contribution in [3.8, 4) is 0 Å². The minimum atomic E-state index is -0.584. The highest BCUT2D eigenvalue weighted by atomic mass is 19.1. The summed E-state index contributed by atoms with van der Waals surface area (Å²) in [5.74, 6) is -1.01. The topological polar surface area (TPSA) is 23.6 Å². The van der Waals surface area contributed by atoms with Crippen LogP contribution in [0.15, 0.2) is 18.2 Å². The van der Waals surface area contributed by atoms with E-state index in [4.69, 9.17) is 0 Å². The van der Waals surface area contributed by atoms with Crippen LogP contribution >= 0.6 is 0 Å². The van der Waals surface area contributed by atoms with Crippen molar-refractivity contribution < 1.29 is 13.6 Å². The highest BCUT2D eigenvalue weighted by molar-refractivity contribution is 5.78. The van der Waals surface area contributed by atoms with Crippen molar-refractivity contribution in [2.75, 3.05) is 31.6 Å². The molecule has 0 unspecified atom stereocenters. The number of anilines is 1. The second kappa shape index (κ2) is 5.33. The van der Waals surface area contributed by atoms with Crippen molar-refractivity contribution in [1.29, 1.82) is 0 Å². The Morgan fingerprint density at radius 1 is 1.39 bits per heavy atom. The SMILES string of the molecule is CN(CCN1CCCC1=O)c1ccc(F)cc1F. The molecule has 1 aliphatic heterocycles. The molecule has 0 aliphatic carbocycles. The maximum Gasteiger partial charge on any atom is 0.222 e. The highest BCUT2D eigenvalue weighted by Gasteiger charge is 2.20. The Labute approximate surface area is 105 Å². The molecule has 0 bridgehead atoms. The Morgan fingerprint density at radius 2 is 2.17 bits per heavy atom. The number of likely N-dealkylation sites (tertiary alicyclic amines) is 1. The molecule has 1 fully saturated rings. The van der Waals surface area contributed by atoms with Crippen LogP contribution in [0.3, 0.4) is 0 Å². The zero-order valence-corrected chi connectivity index (χ0v) is 10.3. The number of hydrogen-bond donors (Lipinski definition) is 0. The molecule has 1 aromatic carbocycles. The lowest BCUT2D eigenvalue weighted by Gasteiger charge is -2.23. The Kier molecular flexibility index (Phi) is 3.79. The number of hydrogen-bond acceptors (Lipinski definition) is 2. The predicted octanol–water partition coefficient (Wildman–Crippen LogP) is 2.02. The van der Waals surface area contributed by atoms with Gasteiger partial charge in [0.15, 0.2) is 0 Å². The van der Waals surface area contributed by atoms with Crippen molar-refractivity contribution in [1.82, 2.24) is 4.90 Å². The fourth-order valence-corrected chi connectivity index (χ4v) is 2.12. The van der Waals surface area contributed by atoms with E-state index in [0.717, 1.165) is 19.0 Å². The summed E-state index contributed by atoms with van der Waals surface area (Å²) in [5.41, 5.74) is 0.350. The van der Waals surface area contributed by atoms with E-state index in [-0.39, 0.29) is 5.91 Å². The van der Waals surface area contributed by atoms with Gasteiger partial charge in [0.1, 0.15) is 11.6 Å². The fraction of sp³-hybridized carbons (Fsp3) is 0.462. The maximum atomic E-state index is 13.5. The molecule has 0 saturated carbocycles. The second-order valence-electron chi connectivity index (χ2n) is 4.50. The number of halogens is 2. The van der Waals surface area contributed by atoms with Crippen LogP contribution < -0.4 is 4.90 Å². The van der Waals surface area contributed by atoms with Gasteiger partial charge >= 0.3 is 0 Å². The van der Waals surface area contributed by atoms with Gasteiger partial charge in [0, 0.05) is 39.2 Å². The lowest BCUT2D eigenvalue weighted by Crippen LogP contribution is -2.34. The fourth-order valence-electron chi connectivity index (χ4n) is 2.12. The zero-order valence-electron chi connectivity index (χ0n) is 10.3. The third kappa shape index (κ3) is 2.78. The Hall–Kier alpha value is -1.65. The number of nitrogens with zero attached hydrogens (tertiary/aromatic N) is 2. The minimum absolute atomic E-state index is 0.156. The van der Waals surface area contributed by atoms with E-state index in [1.165, 1.54) is 12.1 Å². The van der Waals surface area contributed by atoms with Crippen molar-refractivity contribution in [2.24, 2.45) is 0 Å². The van der Waals surface area contributed by atoms with Crippen LogP contribution in [0.1, 0.15) is 12.8 Å². The van der Waals surface area contributed by atoms with Crippen molar-refractivity contribution in [3.05, 3.63) is 29.8 Å². The van der Waals surface area contributed by atoms with E-state index in [9.17, 15) is 13.6 Å². The van der Waals surface area contributed by atoms with Gasteiger partial charge in [-0.1, -0.05) is 0 Å². The summed E-state index contributed by atoms with van der Waals surface area (Å²) in [6, 6.07) is 3.51. The molecular weight excluding hydrogens is 238 g/mol. The van der Waals surface area contributed by atoms with E-state index >= 15 is 0 Å². The second-order valence-corrected chi connectivity index (χ2v) is 4.50. The van der Waals surface area contributed by atoms with Crippen LogP contribution in [0.5, 0.6) is 0 Å². The van der Waals surface area contributed by atoms with Crippen LogP contribution in [0.2, 0.25) is 0 Å². The van der Waals surface area contributed by atoms with Gasteiger partial charge in [-0.25, -0.2) is 8.78 Å². The smallest absolute Gasteiger partial charge is 0.222 e. The van der Waals surface area contributed by atoms with Gasteiger partial charge in [0.2, 0.25) is 5.91 Å². The van der Waals surface area contributed by atoms with Crippen LogP contribution in [0, 0.1) is 11.6 Å². The zero-order chi connectivity index (χ0) is 13.1. The summed E-state index contributed by atoms with van der Waals surface area (Å²) in [6.07, 6.45) is 1.50. The first-order valence-electron chi connectivity index (χ1n) is 6.02.